The molecule has 186 valence electrons. The minimum atomic E-state index is -2.72. The lowest BCUT2D eigenvalue weighted by molar-refractivity contribution is -0.115. The molecule has 2 aromatic rings. The quantitative estimate of drug-likeness (QED) is 0.544. The van der Waals surface area contributed by atoms with Crippen LogP contribution in [0.1, 0.15) is 71.6 Å². The Morgan fingerprint density at radius 1 is 1.09 bits per heavy atom. The lowest BCUT2D eigenvalue weighted by Gasteiger charge is -2.35. The molecule has 0 fully saturated rings. The SMILES string of the molecule is CCS(=O)(=NC(C)=O)c1ccc2c(c1)CN(C(C)(C)CCc1ccc(O)c(OC(C)(C)C)c1)C2. The molecule has 0 aliphatic carbocycles. The molecule has 0 saturated heterocycles. The highest BCUT2D eigenvalue weighted by Gasteiger charge is 2.32. The third-order valence-corrected chi connectivity index (χ3v) is 8.58. The van der Waals surface area contributed by atoms with Crippen molar-refractivity contribution in [2.75, 3.05) is 5.75 Å². The summed E-state index contributed by atoms with van der Waals surface area (Å²) in [6.45, 7) is 15.1. The van der Waals surface area contributed by atoms with Gasteiger partial charge in [-0.2, -0.15) is 4.36 Å². The fraction of sp³-hybridized carbons (Fsp3) is 0.519. The van der Waals surface area contributed by atoms with Crippen molar-refractivity contribution in [3.8, 4) is 11.5 Å². The zero-order valence-electron chi connectivity index (χ0n) is 21.5. The number of amides is 1. The second-order valence-corrected chi connectivity index (χ2v) is 13.2. The van der Waals surface area contributed by atoms with Gasteiger partial charge in [-0.3, -0.25) is 9.69 Å². The number of aromatic hydroxyl groups is 1. The van der Waals surface area contributed by atoms with E-state index >= 15 is 0 Å². The highest BCUT2D eigenvalue weighted by Crippen LogP contribution is 2.35. The van der Waals surface area contributed by atoms with Crippen molar-refractivity contribution < 1.29 is 18.8 Å². The van der Waals surface area contributed by atoms with Gasteiger partial charge in [-0.25, -0.2) is 4.21 Å². The maximum atomic E-state index is 13.2. The van der Waals surface area contributed by atoms with Gasteiger partial charge < -0.3 is 9.84 Å². The number of carbonyl (C=O) groups is 1. The highest BCUT2D eigenvalue weighted by molar-refractivity contribution is 7.93. The number of phenolic OH excluding ortho intramolecular Hbond substituents is 1. The van der Waals surface area contributed by atoms with Gasteiger partial charge in [0.1, 0.15) is 5.60 Å². The number of benzene rings is 2. The van der Waals surface area contributed by atoms with E-state index in [1.165, 1.54) is 12.5 Å². The highest BCUT2D eigenvalue weighted by atomic mass is 32.2. The maximum Gasteiger partial charge on any atom is 0.250 e. The molecule has 1 unspecified atom stereocenters. The van der Waals surface area contributed by atoms with Crippen LogP contribution in [0.15, 0.2) is 45.7 Å². The first-order chi connectivity index (χ1) is 15.7. The van der Waals surface area contributed by atoms with E-state index in [1.54, 1.807) is 13.0 Å². The van der Waals surface area contributed by atoms with E-state index in [0.717, 1.165) is 37.1 Å². The Balaban J connectivity index is 1.73. The molecule has 0 radical (unpaired) electrons. The molecular formula is C27H38N2O4S. The molecule has 6 nitrogen and oxygen atoms in total. The van der Waals surface area contributed by atoms with Crippen molar-refractivity contribution in [2.24, 2.45) is 4.36 Å². The van der Waals surface area contributed by atoms with Crippen LogP contribution in [0.5, 0.6) is 11.5 Å². The number of hydrogen-bond acceptors (Lipinski definition) is 5. The van der Waals surface area contributed by atoms with E-state index in [-0.39, 0.29) is 16.9 Å². The second-order valence-electron chi connectivity index (χ2n) is 10.7. The molecule has 2 aromatic carbocycles. The molecule has 0 aromatic heterocycles. The lowest BCUT2D eigenvalue weighted by atomic mass is 9.93. The standard InChI is InChI=1S/C27H38N2O4S/c1-8-34(32,28-19(2)30)23-11-10-21-17-29(18-22(21)16-23)27(6,7)14-13-20-9-12-24(31)25(15-20)33-26(3,4)5/h9-12,15-16,31H,8,13-14,17-18H2,1-7H3. The first kappa shape index (κ1) is 26.2. The molecule has 1 aliphatic rings. The summed E-state index contributed by atoms with van der Waals surface area (Å²) in [7, 11) is -2.72. The molecule has 0 saturated carbocycles. The molecule has 0 spiro atoms. The fourth-order valence-electron chi connectivity index (χ4n) is 4.22. The lowest BCUT2D eigenvalue weighted by Crippen LogP contribution is -2.40. The summed E-state index contributed by atoms with van der Waals surface area (Å²) in [6, 6.07) is 11.4. The largest absolute Gasteiger partial charge is 0.504 e. The van der Waals surface area contributed by atoms with E-state index in [4.69, 9.17) is 4.74 Å². The van der Waals surface area contributed by atoms with Gasteiger partial charge in [0, 0.05) is 36.2 Å². The predicted octanol–water partition coefficient (Wildman–Crippen LogP) is 5.69. The van der Waals surface area contributed by atoms with Crippen molar-refractivity contribution in [1.82, 2.24) is 4.90 Å². The van der Waals surface area contributed by atoms with E-state index in [0.29, 0.717) is 16.4 Å². The number of hydrogen-bond donors (Lipinski definition) is 1. The molecule has 1 N–H and O–H groups in total. The maximum absolute atomic E-state index is 13.2. The predicted molar refractivity (Wildman–Crippen MR) is 137 cm³/mol. The molecule has 0 bridgehead atoms. The Labute approximate surface area is 204 Å². The Bertz CT molecular complexity index is 1190. The van der Waals surface area contributed by atoms with Crippen LogP contribution in [0.3, 0.4) is 0 Å². The number of fused-ring (bicyclic) bond motifs is 1. The molecule has 1 aliphatic heterocycles. The van der Waals surface area contributed by atoms with Gasteiger partial charge in [0.2, 0.25) is 0 Å². The molecular weight excluding hydrogens is 448 g/mol. The van der Waals surface area contributed by atoms with E-state index in [9.17, 15) is 14.1 Å². The fourth-order valence-corrected chi connectivity index (χ4v) is 5.81. The van der Waals surface area contributed by atoms with Crippen LogP contribution < -0.4 is 4.74 Å². The second kappa shape index (κ2) is 9.70. The van der Waals surface area contributed by atoms with Crippen molar-refractivity contribution in [1.29, 1.82) is 0 Å². The molecule has 1 atom stereocenters. The molecule has 34 heavy (non-hydrogen) atoms. The summed E-state index contributed by atoms with van der Waals surface area (Å²) in [5, 5.41) is 10.2. The Hall–Kier alpha value is -2.38. The minimum Gasteiger partial charge on any atom is -0.504 e. The van der Waals surface area contributed by atoms with Crippen LogP contribution in [-0.4, -0.2) is 37.0 Å². The van der Waals surface area contributed by atoms with E-state index in [2.05, 4.69) is 23.1 Å². The topological polar surface area (TPSA) is 79.2 Å². The van der Waals surface area contributed by atoms with Gasteiger partial charge in [-0.1, -0.05) is 19.1 Å². The van der Waals surface area contributed by atoms with Gasteiger partial charge in [0.15, 0.2) is 11.5 Å². The summed E-state index contributed by atoms with van der Waals surface area (Å²) in [5.74, 6) is 0.581. The number of rotatable bonds is 7. The van der Waals surface area contributed by atoms with Crippen LogP contribution in [0.25, 0.3) is 0 Å². The average molecular weight is 487 g/mol. The van der Waals surface area contributed by atoms with Crippen LogP contribution in [0, 0.1) is 0 Å². The Kier molecular flexibility index (Phi) is 7.48. The van der Waals surface area contributed by atoms with Crippen molar-refractivity contribution in [2.45, 2.75) is 90.4 Å². The number of aryl methyl sites for hydroxylation is 1. The van der Waals surface area contributed by atoms with Gasteiger partial charge >= 0.3 is 0 Å². The first-order valence-corrected chi connectivity index (χ1v) is 13.5. The normalized spacial score (nSPS) is 16.1. The molecule has 3 rings (SSSR count). The third-order valence-electron chi connectivity index (χ3n) is 6.26. The van der Waals surface area contributed by atoms with E-state index in [1.807, 2.05) is 51.1 Å². The monoisotopic (exact) mass is 486 g/mol. The number of nitrogens with zero attached hydrogens (tertiary/aromatic N) is 2. The average Bonchev–Trinajstić information content (AvgIpc) is 3.17. The van der Waals surface area contributed by atoms with Crippen LogP contribution >= 0.6 is 0 Å². The summed E-state index contributed by atoms with van der Waals surface area (Å²) in [4.78, 5) is 14.6. The Morgan fingerprint density at radius 2 is 1.76 bits per heavy atom. The number of carbonyl (C=O) groups excluding carboxylic acids is 1. The summed E-state index contributed by atoms with van der Waals surface area (Å²) in [5.41, 5.74) is 3.04. The summed E-state index contributed by atoms with van der Waals surface area (Å²) in [6.07, 6.45) is 1.78. The van der Waals surface area contributed by atoms with E-state index < -0.39 is 15.6 Å². The summed E-state index contributed by atoms with van der Waals surface area (Å²) < 4.78 is 23.1. The first-order valence-electron chi connectivity index (χ1n) is 11.9. The Morgan fingerprint density at radius 3 is 2.38 bits per heavy atom. The van der Waals surface area contributed by atoms with Gasteiger partial charge in [0.05, 0.1) is 9.73 Å². The number of ether oxygens (including phenoxy) is 1. The van der Waals surface area contributed by atoms with Crippen molar-refractivity contribution in [3.05, 3.63) is 53.1 Å². The minimum absolute atomic E-state index is 0.0714. The zero-order chi connectivity index (χ0) is 25.3. The van der Waals surface area contributed by atoms with Gasteiger partial charge in [-0.05, 0) is 88.4 Å². The summed E-state index contributed by atoms with van der Waals surface area (Å²) >= 11 is 0. The van der Waals surface area contributed by atoms with Gasteiger partial charge in [0.25, 0.3) is 5.91 Å². The third kappa shape index (κ3) is 6.19. The van der Waals surface area contributed by atoms with Crippen LogP contribution in [-0.2, 0) is 34.0 Å². The van der Waals surface area contributed by atoms with Gasteiger partial charge in [-0.15, -0.1) is 0 Å². The zero-order valence-corrected chi connectivity index (χ0v) is 22.3. The molecule has 1 heterocycles. The molecule has 1 amide bonds. The number of phenols is 1. The molecule has 7 heteroatoms. The van der Waals surface area contributed by atoms with Crippen molar-refractivity contribution in [3.63, 3.8) is 0 Å². The van der Waals surface area contributed by atoms with Crippen LogP contribution in [0.4, 0.5) is 0 Å². The smallest absolute Gasteiger partial charge is 0.250 e. The van der Waals surface area contributed by atoms with Crippen LogP contribution in [0.2, 0.25) is 0 Å². The van der Waals surface area contributed by atoms with Crippen molar-refractivity contribution >= 4 is 15.6 Å².